The zero-order valence-electron chi connectivity index (χ0n) is 15.0. The van der Waals surface area contributed by atoms with Crippen molar-refractivity contribution in [2.75, 3.05) is 6.61 Å². The number of imidazole rings is 1. The van der Waals surface area contributed by atoms with Gasteiger partial charge in [-0.25, -0.2) is 4.98 Å². The van der Waals surface area contributed by atoms with Gasteiger partial charge in [-0.3, -0.25) is 4.79 Å². The molecule has 3 heterocycles. The second kappa shape index (κ2) is 7.77. The summed E-state index contributed by atoms with van der Waals surface area (Å²) in [7, 11) is 0. The maximum absolute atomic E-state index is 12.2. The van der Waals surface area contributed by atoms with Gasteiger partial charge in [0.25, 0.3) is 0 Å². The Hall–Kier alpha value is -2.22. The molecule has 0 fully saturated rings. The molecule has 2 aromatic heterocycles. The quantitative estimate of drug-likeness (QED) is 0.820. The number of hydrogen-bond acceptors (Lipinski definition) is 6. The molecule has 0 aromatic carbocycles. The first-order valence-electron chi connectivity index (χ1n) is 8.81. The van der Waals surface area contributed by atoms with Gasteiger partial charge in [-0.15, -0.1) is 0 Å². The molecule has 0 spiro atoms. The van der Waals surface area contributed by atoms with E-state index in [2.05, 4.69) is 25.0 Å². The Morgan fingerprint density at radius 3 is 3.16 bits per heavy atom. The van der Waals surface area contributed by atoms with Crippen molar-refractivity contribution >= 4 is 5.91 Å². The molecule has 25 heavy (non-hydrogen) atoms. The van der Waals surface area contributed by atoms with E-state index in [1.165, 1.54) is 0 Å². The van der Waals surface area contributed by atoms with Crippen LogP contribution in [0.1, 0.15) is 56.0 Å². The summed E-state index contributed by atoms with van der Waals surface area (Å²) in [6.45, 7) is 7.15. The number of ether oxygens (including phenoxy) is 1. The van der Waals surface area contributed by atoms with Crippen LogP contribution in [0.15, 0.2) is 10.7 Å². The summed E-state index contributed by atoms with van der Waals surface area (Å²) in [5.74, 6) is 2.09. The molecule has 136 valence electrons. The smallest absolute Gasteiger partial charge is 0.227 e. The number of hydrogen-bond donors (Lipinski definition) is 1. The molecule has 1 N–H and O–H groups in total. The normalized spacial score (nSPS) is 18.0. The fourth-order valence-electron chi connectivity index (χ4n) is 3.08. The third-order valence-electron chi connectivity index (χ3n) is 4.31. The first-order chi connectivity index (χ1) is 12.0. The van der Waals surface area contributed by atoms with Crippen molar-refractivity contribution in [3.05, 3.63) is 29.4 Å². The van der Waals surface area contributed by atoms with E-state index in [0.717, 1.165) is 30.9 Å². The van der Waals surface area contributed by atoms with E-state index >= 15 is 0 Å². The Morgan fingerprint density at radius 1 is 1.52 bits per heavy atom. The van der Waals surface area contributed by atoms with Crippen LogP contribution in [0.2, 0.25) is 0 Å². The predicted molar refractivity (Wildman–Crippen MR) is 89.9 cm³/mol. The maximum Gasteiger partial charge on any atom is 0.227 e. The lowest BCUT2D eigenvalue weighted by Gasteiger charge is -2.24. The largest absolute Gasteiger partial charge is 0.371 e. The fraction of sp³-hybridized carbons (Fsp3) is 0.647. The number of carbonyl (C=O) groups excluding carboxylic acids is 1. The molecule has 0 aliphatic carbocycles. The Labute approximate surface area is 147 Å². The molecule has 3 rings (SSSR count). The second-order valence-corrected chi connectivity index (χ2v) is 6.40. The lowest BCUT2D eigenvalue weighted by atomic mass is 10.1. The van der Waals surface area contributed by atoms with Crippen molar-refractivity contribution in [2.24, 2.45) is 0 Å². The number of rotatable bonds is 7. The summed E-state index contributed by atoms with van der Waals surface area (Å²) < 4.78 is 12.7. The highest BCUT2D eigenvalue weighted by Gasteiger charge is 2.21. The minimum atomic E-state index is -0.202. The van der Waals surface area contributed by atoms with Crippen LogP contribution in [0.3, 0.4) is 0 Å². The lowest BCUT2D eigenvalue weighted by molar-refractivity contribution is -0.122. The van der Waals surface area contributed by atoms with Crippen LogP contribution in [0, 0.1) is 6.92 Å². The van der Waals surface area contributed by atoms with Crippen molar-refractivity contribution < 1.29 is 14.1 Å². The topological polar surface area (TPSA) is 95.1 Å². The lowest BCUT2D eigenvalue weighted by Crippen LogP contribution is -2.41. The van der Waals surface area contributed by atoms with Gasteiger partial charge in [0.15, 0.2) is 5.82 Å². The zero-order valence-corrected chi connectivity index (χ0v) is 15.0. The van der Waals surface area contributed by atoms with Gasteiger partial charge in [0.05, 0.1) is 5.69 Å². The van der Waals surface area contributed by atoms with Gasteiger partial charge < -0.3 is 19.1 Å². The Balaban J connectivity index is 1.46. The molecule has 1 aliphatic rings. The molecule has 0 saturated carbocycles. The molecule has 2 aromatic rings. The van der Waals surface area contributed by atoms with Crippen molar-refractivity contribution in [2.45, 2.75) is 65.1 Å². The molecule has 0 bridgehead atoms. The number of nitrogens with one attached hydrogen (secondary N) is 1. The minimum absolute atomic E-state index is 0.00268. The third kappa shape index (κ3) is 4.45. The SMILES string of the molecule is CCO[C@@H](C)c1noc(CCC(=O)N[C@@H]2CCc3nc(C)cn3C2)n1. The molecular formula is C17H25N5O3. The van der Waals surface area contributed by atoms with E-state index in [0.29, 0.717) is 31.2 Å². The Kier molecular flexibility index (Phi) is 5.47. The maximum atomic E-state index is 12.2. The average molecular weight is 347 g/mol. The predicted octanol–water partition coefficient (Wildman–Crippen LogP) is 1.74. The number of amides is 1. The van der Waals surface area contributed by atoms with Gasteiger partial charge >= 0.3 is 0 Å². The fourth-order valence-corrected chi connectivity index (χ4v) is 3.08. The van der Waals surface area contributed by atoms with E-state index in [4.69, 9.17) is 9.26 Å². The van der Waals surface area contributed by atoms with Crippen LogP contribution >= 0.6 is 0 Å². The molecule has 0 unspecified atom stereocenters. The van der Waals surface area contributed by atoms with Crippen molar-refractivity contribution in [1.82, 2.24) is 25.0 Å². The van der Waals surface area contributed by atoms with Crippen LogP contribution in [0.5, 0.6) is 0 Å². The highest BCUT2D eigenvalue weighted by molar-refractivity contribution is 5.76. The molecular weight excluding hydrogens is 322 g/mol. The summed E-state index contributed by atoms with van der Waals surface area (Å²) in [6.07, 6.45) is 4.40. The van der Waals surface area contributed by atoms with Gasteiger partial charge in [0, 0.05) is 44.7 Å². The summed E-state index contributed by atoms with van der Waals surface area (Å²) in [5.41, 5.74) is 1.02. The first-order valence-corrected chi connectivity index (χ1v) is 8.81. The van der Waals surface area contributed by atoms with E-state index in [1.54, 1.807) is 0 Å². The van der Waals surface area contributed by atoms with Crippen molar-refractivity contribution in [1.29, 1.82) is 0 Å². The number of nitrogens with zero attached hydrogens (tertiary/aromatic N) is 4. The average Bonchev–Trinajstić information content (AvgIpc) is 3.18. The Bertz CT molecular complexity index is 724. The van der Waals surface area contributed by atoms with E-state index < -0.39 is 0 Å². The monoisotopic (exact) mass is 347 g/mol. The van der Waals surface area contributed by atoms with Gasteiger partial charge in [-0.05, 0) is 27.2 Å². The van der Waals surface area contributed by atoms with Gasteiger partial charge in [0.2, 0.25) is 11.8 Å². The zero-order chi connectivity index (χ0) is 17.8. The molecule has 2 atom stereocenters. The molecule has 1 amide bonds. The van der Waals surface area contributed by atoms with Crippen molar-refractivity contribution in [3.8, 4) is 0 Å². The van der Waals surface area contributed by atoms with E-state index in [9.17, 15) is 4.79 Å². The Morgan fingerprint density at radius 2 is 2.36 bits per heavy atom. The van der Waals surface area contributed by atoms with Gasteiger partial charge in [0.1, 0.15) is 11.9 Å². The van der Waals surface area contributed by atoms with Crippen LogP contribution in [0.4, 0.5) is 0 Å². The summed E-state index contributed by atoms with van der Waals surface area (Å²) in [6, 6.07) is 0.143. The highest BCUT2D eigenvalue weighted by atomic mass is 16.5. The van der Waals surface area contributed by atoms with Crippen LogP contribution in [-0.2, 0) is 28.9 Å². The first kappa shape index (κ1) is 17.6. The van der Waals surface area contributed by atoms with E-state index in [1.807, 2.05) is 27.0 Å². The molecule has 0 saturated heterocycles. The number of aromatic nitrogens is 4. The minimum Gasteiger partial charge on any atom is -0.371 e. The molecule has 0 radical (unpaired) electrons. The molecule has 8 heteroatoms. The summed E-state index contributed by atoms with van der Waals surface area (Å²) in [5, 5.41) is 6.99. The van der Waals surface area contributed by atoms with Crippen molar-refractivity contribution in [3.63, 3.8) is 0 Å². The number of aryl methyl sites for hydroxylation is 3. The molecule has 8 nitrogen and oxygen atoms in total. The van der Waals surface area contributed by atoms with Crippen LogP contribution in [0.25, 0.3) is 0 Å². The second-order valence-electron chi connectivity index (χ2n) is 6.40. The molecule has 1 aliphatic heterocycles. The summed E-state index contributed by atoms with van der Waals surface area (Å²) in [4.78, 5) is 21.0. The van der Waals surface area contributed by atoms with Gasteiger partial charge in [-0.2, -0.15) is 4.98 Å². The van der Waals surface area contributed by atoms with E-state index in [-0.39, 0.29) is 18.1 Å². The van der Waals surface area contributed by atoms with Crippen LogP contribution in [-0.4, -0.2) is 38.2 Å². The van der Waals surface area contributed by atoms with Gasteiger partial charge in [-0.1, -0.05) is 5.16 Å². The third-order valence-corrected chi connectivity index (χ3v) is 4.31. The highest BCUT2D eigenvalue weighted by Crippen LogP contribution is 2.16. The van der Waals surface area contributed by atoms with Crippen LogP contribution < -0.4 is 5.32 Å². The number of carbonyl (C=O) groups is 1. The standard InChI is InChI=1S/C17H25N5O3/c1-4-24-12(3)17-20-16(25-21-17)8-7-15(23)19-13-5-6-14-18-11(2)9-22(14)10-13/h9,12-13H,4-8,10H2,1-3H3,(H,19,23)/t12-,13+/m0/s1. The summed E-state index contributed by atoms with van der Waals surface area (Å²) >= 11 is 0. The number of fused-ring (bicyclic) bond motifs is 1.